The first-order valence-corrected chi connectivity index (χ1v) is 10.9. The first-order chi connectivity index (χ1) is 15.7. The number of hydrogen-bond donors (Lipinski definition) is 3. The van der Waals surface area contributed by atoms with Gasteiger partial charge in [0.05, 0.1) is 13.2 Å². The summed E-state index contributed by atoms with van der Waals surface area (Å²) < 4.78 is 5.34. The molecule has 0 spiro atoms. The van der Waals surface area contributed by atoms with Crippen LogP contribution < -0.4 is 10.6 Å². The number of fused-ring (bicyclic) bond motifs is 1. The van der Waals surface area contributed by atoms with E-state index in [0.29, 0.717) is 17.8 Å². The van der Waals surface area contributed by atoms with Crippen LogP contribution in [-0.4, -0.2) is 61.1 Å². The molecule has 1 aliphatic heterocycles. The van der Waals surface area contributed by atoms with Gasteiger partial charge in [0.2, 0.25) is 5.91 Å². The topological polar surface area (TPSA) is 86.5 Å². The molecule has 4 rings (SSSR count). The van der Waals surface area contributed by atoms with E-state index in [1.54, 1.807) is 30.3 Å². The normalized spacial score (nSPS) is 14.6. The van der Waals surface area contributed by atoms with Crippen LogP contribution in [0.15, 0.2) is 60.8 Å². The minimum atomic E-state index is -0.252. The first kappa shape index (κ1) is 21.8. The summed E-state index contributed by atoms with van der Waals surface area (Å²) in [5.74, 6) is -0.393. The van der Waals surface area contributed by atoms with Crippen LogP contribution in [0.5, 0.6) is 0 Å². The number of rotatable bonds is 8. The van der Waals surface area contributed by atoms with Crippen molar-refractivity contribution in [2.24, 2.45) is 0 Å². The number of nitrogens with one attached hydrogen (secondary N) is 3. The zero-order valence-electron chi connectivity index (χ0n) is 18.0. The fourth-order valence-corrected chi connectivity index (χ4v) is 3.75. The van der Waals surface area contributed by atoms with Crippen molar-refractivity contribution in [1.82, 2.24) is 15.2 Å². The van der Waals surface area contributed by atoms with Crippen LogP contribution in [0.25, 0.3) is 17.0 Å². The van der Waals surface area contributed by atoms with Crippen LogP contribution >= 0.6 is 0 Å². The third kappa shape index (κ3) is 5.84. The Balaban J connectivity index is 1.27. The number of benzene rings is 2. The van der Waals surface area contributed by atoms with Crippen molar-refractivity contribution in [3.63, 3.8) is 0 Å². The van der Waals surface area contributed by atoms with Crippen molar-refractivity contribution in [2.75, 3.05) is 44.7 Å². The molecule has 0 aliphatic carbocycles. The molecule has 7 heteroatoms. The van der Waals surface area contributed by atoms with E-state index in [0.717, 1.165) is 55.7 Å². The van der Waals surface area contributed by atoms with Crippen molar-refractivity contribution >= 4 is 34.5 Å². The lowest BCUT2D eigenvalue weighted by Crippen LogP contribution is -2.38. The van der Waals surface area contributed by atoms with Crippen LogP contribution in [0.2, 0.25) is 0 Å². The zero-order valence-corrected chi connectivity index (χ0v) is 18.0. The van der Waals surface area contributed by atoms with E-state index in [1.807, 2.05) is 30.5 Å². The largest absolute Gasteiger partial charge is 0.379 e. The average molecular weight is 433 g/mol. The number of para-hydroxylation sites is 1. The molecule has 32 heavy (non-hydrogen) atoms. The predicted molar refractivity (Wildman–Crippen MR) is 127 cm³/mol. The van der Waals surface area contributed by atoms with Gasteiger partial charge in [0.15, 0.2) is 0 Å². The molecule has 166 valence electrons. The van der Waals surface area contributed by atoms with Gasteiger partial charge in [-0.3, -0.25) is 14.5 Å². The average Bonchev–Trinajstić information content (AvgIpc) is 3.24. The van der Waals surface area contributed by atoms with Crippen molar-refractivity contribution in [3.8, 4) is 0 Å². The summed E-state index contributed by atoms with van der Waals surface area (Å²) in [5, 5.41) is 6.84. The van der Waals surface area contributed by atoms with Gasteiger partial charge in [0.25, 0.3) is 5.91 Å². The Labute approximate surface area is 187 Å². The van der Waals surface area contributed by atoms with Crippen LogP contribution in [0.1, 0.15) is 22.3 Å². The maximum Gasteiger partial charge on any atom is 0.251 e. The second kappa shape index (κ2) is 10.7. The monoisotopic (exact) mass is 432 g/mol. The number of nitrogens with zero attached hydrogens (tertiary/aromatic N) is 1. The first-order valence-electron chi connectivity index (χ1n) is 10.9. The summed E-state index contributed by atoms with van der Waals surface area (Å²) in [6.07, 6.45) is 6.03. The molecule has 0 radical (unpaired) electrons. The van der Waals surface area contributed by atoms with Crippen molar-refractivity contribution in [2.45, 2.75) is 6.42 Å². The lowest BCUT2D eigenvalue weighted by molar-refractivity contribution is -0.111. The molecule has 3 aromatic rings. The molecular formula is C25H28N4O3. The molecule has 2 amide bonds. The highest BCUT2D eigenvalue weighted by molar-refractivity contribution is 6.04. The number of carbonyl (C=O) groups is 2. The highest BCUT2D eigenvalue weighted by Gasteiger charge is 2.11. The number of carbonyl (C=O) groups excluding carboxylic acids is 2. The van der Waals surface area contributed by atoms with Crippen LogP contribution in [0, 0.1) is 0 Å². The van der Waals surface area contributed by atoms with Crippen molar-refractivity contribution < 1.29 is 14.3 Å². The van der Waals surface area contributed by atoms with Gasteiger partial charge in [-0.25, -0.2) is 0 Å². The maximum atomic E-state index is 12.5. The lowest BCUT2D eigenvalue weighted by Gasteiger charge is -2.26. The van der Waals surface area contributed by atoms with E-state index in [9.17, 15) is 9.59 Å². The van der Waals surface area contributed by atoms with E-state index in [1.165, 1.54) is 6.08 Å². The summed E-state index contributed by atoms with van der Waals surface area (Å²) in [6, 6.07) is 14.9. The summed E-state index contributed by atoms with van der Waals surface area (Å²) in [4.78, 5) is 30.4. The Morgan fingerprint density at radius 3 is 2.81 bits per heavy atom. The Kier molecular flexibility index (Phi) is 7.32. The van der Waals surface area contributed by atoms with Crippen molar-refractivity contribution in [3.05, 3.63) is 71.9 Å². The second-order valence-electron chi connectivity index (χ2n) is 7.76. The molecule has 7 nitrogen and oxygen atoms in total. The highest BCUT2D eigenvalue weighted by atomic mass is 16.5. The van der Waals surface area contributed by atoms with Gasteiger partial charge in [-0.2, -0.15) is 0 Å². The van der Waals surface area contributed by atoms with E-state index in [2.05, 4.69) is 20.5 Å². The number of aromatic amines is 1. The molecular weight excluding hydrogens is 404 g/mol. The number of aromatic nitrogens is 1. The summed E-state index contributed by atoms with van der Waals surface area (Å²) in [7, 11) is 0. The number of anilines is 1. The zero-order chi connectivity index (χ0) is 22.2. The maximum absolute atomic E-state index is 12.5. The Hall–Kier alpha value is -3.42. The molecule has 0 bridgehead atoms. The molecule has 3 N–H and O–H groups in total. The Bertz CT molecular complexity index is 1100. The van der Waals surface area contributed by atoms with E-state index in [4.69, 9.17) is 4.74 Å². The van der Waals surface area contributed by atoms with Crippen LogP contribution in [0.3, 0.4) is 0 Å². The Morgan fingerprint density at radius 1 is 1.09 bits per heavy atom. The third-order valence-electron chi connectivity index (χ3n) is 5.47. The van der Waals surface area contributed by atoms with Crippen LogP contribution in [0.4, 0.5) is 5.69 Å². The number of amides is 2. The van der Waals surface area contributed by atoms with Gasteiger partial charge in [0, 0.05) is 54.1 Å². The minimum absolute atomic E-state index is 0.141. The van der Waals surface area contributed by atoms with E-state index >= 15 is 0 Å². The van der Waals surface area contributed by atoms with Gasteiger partial charge >= 0.3 is 0 Å². The highest BCUT2D eigenvalue weighted by Crippen LogP contribution is 2.19. The van der Waals surface area contributed by atoms with Gasteiger partial charge in [-0.05, 0) is 48.9 Å². The SMILES string of the molecule is O=C(C=Cc1c[nH]c2ccccc12)Nc1cccc(C(=O)NCCCN2CCOCC2)c1. The van der Waals surface area contributed by atoms with Gasteiger partial charge in [0.1, 0.15) is 0 Å². The summed E-state index contributed by atoms with van der Waals surface area (Å²) >= 11 is 0. The minimum Gasteiger partial charge on any atom is -0.379 e. The number of morpholine rings is 1. The predicted octanol–water partition coefficient (Wildman–Crippen LogP) is 3.27. The fourth-order valence-electron chi connectivity index (χ4n) is 3.75. The van der Waals surface area contributed by atoms with Crippen LogP contribution in [-0.2, 0) is 9.53 Å². The Morgan fingerprint density at radius 2 is 1.94 bits per heavy atom. The second-order valence-corrected chi connectivity index (χ2v) is 7.76. The fraction of sp³-hybridized carbons (Fsp3) is 0.280. The summed E-state index contributed by atoms with van der Waals surface area (Å²) in [5.41, 5.74) is 3.08. The molecule has 1 fully saturated rings. The molecule has 0 atom stereocenters. The van der Waals surface area contributed by atoms with Crippen molar-refractivity contribution in [1.29, 1.82) is 0 Å². The number of hydrogen-bond acceptors (Lipinski definition) is 4. The van der Waals surface area contributed by atoms with Gasteiger partial charge < -0.3 is 20.4 Å². The molecule has 1 aromatic heterocycles. The van der Waals surface area contributed by atoms with E-state index < -0.39 is 0 Å². The standard InChI is InChI=1S/C25H28N4O3/c30-24(10-9-20-18-27-23-8-2-1-7-22(20)23)28-21-6-3-5-19(17-21)25(31)26-11-4-12-29-13-15-32-16-14-29/h1-3,5-10,17-18,27H,4,11-16H2,(H,26,31)(H,28,30). The molecule has 0 unspecified atom stereocenters. The molecule has 1 aliphatic rings. The molecule has 2 aromatic carbocycles. The van der Waals surface area contributed by atoms with E-state index in [-0.39, 0.29) is 11.8 Å². The third-order valence-corrected chi connectivity index (χ3v) is 5.47. The van der Waals surface area contributed by atoms with Gasteiger partial charge in [-0.1, -0.05) is 24.3 Å². The molecule has 0 saturated carbocycles. The molecule has 2 heterocycles. The molecule has 1 saturated heterocycles. The smallest absolute Gasteiger partial charge is 0.251 e. The lowest BCUT2D eigenvalue weighted by atomic mass is 10.1. The summed E-state index contributed by atoms with van der Waals surface area (Å²) in [6.45, 7) is 5.02. The number of H-pyrrole nitrogens is 1. The van der Waals surface area contributed by atoms with Gasteiger partial charge in [-0.15, -0.1) is 0 Å². The quantitative estimate of drug-likeness (QED) is 0.377. The number of ether oxygens (including phenoxy) is 1.